The molecule has 0 saturated carbocycles. The number of carboxylic acids is 7. The Bertz CT molecular complexity index is 4490. The van der Waals surface area contributed by atoms with Gasteiger partial charge in [-0.15, -0.1) is 0 Å². The van der Waals surface area contributed by atoms with Crippen LogP contribution in [0.15, 0.2) is 200 Å². The van der Waals surface area contributed by atoms with Gasteiger partial charge in [-0.1, -0.05) is 184 Å². The first kappa shape index (κ1) is 110. The molecule has 7 atom stereocenters. The van der Waals surface area contributed by atoms with Crippen molar-refractivity contribution in [1.29, 1.82) is 0 Å². The summed E-state index contributed by atoms with van der Waals surface area (Å²) in [5.41, 5.74) is 43.4. The molecule has 0 saturated heterocycles. The highest BCUT2D eigenvalue weighted by atomic mass is 16.7. The van der Waals surface area contributed by atoms with Crippen LogP contribution >= 0.6 is 0 Å². The predicted molar refractivity (Wildman–Crippen MR) is 461 cm³/mol. The molecule has 0 aliphatic carbocycles. The van der Waals surface area contributed by atoms with Crippen LogP contribution < -0.4 is 86.7 Å². The molecule has 0 fully saturated rings. The van der Waals surface area contributed by atoms with Gasteiger partial charge in [0.2, 0.25) is 5.91 Å². The van der Waals surface area contributed by atoms with Crippen molar-refractivity contribution in [3.05, 3.63) is 248 Å². The molecular weight excluding hydrogens is 1610 g/mol. The van der Waals surface area contributed by atoms with Gasteiger partial charge < -0.3 is 129 Å². The van der Waals surface area contributed by atoms with Crippen LogP contribution in [0.2, 0.25) is 0 Å². The summed E-state index contributed by atoms with van der Waals surface area (Å²) in [5, 5.41) is 87.4. The lowest BCUT2D eigenvalue weighted by Gasteiger charge is -2.13. The van der Waals surface area contributed by atoms with E-state index >= 15 is 0 Å². The number of hydrazone groups is 3. The molecule has 0 aromatic heterocycles. The van der Waals surface area contributed by atoms with Crippen LogP contribution in [0.4, 0.5) is 0 Å². The number of quaternary nitrogens is 7. The zero-order chi connectivity index (χ0) is 93.8. The molecule has 23 N–H and O–H groups in total. The van der Waals surface area contributed by atoms with Gasteiger partial charge in [0.05, 0.1) is 54.5 Å². The van der Waals surface area contributed by atoms with E-state index in [0.717, 1.165) is 111 Å². The summed E-state index contributed by atoms with van der Waals surface area (Å²) in [7, 11) is 8.70. The van der Waals surface area contributed by atoms with E-state index in [1.54, 1.807) is 57.3 Å². The van der Waals surface area contributed by atoms with E-state index in [1.807, 2.05) is 197 Å². The molecule has 7 unspecified atom stereocenters. The Hall–Kier alpha value is -12.8. The molecule has 125 heavy (non-hydrogen) atoms. The number of hydrogen-bond acceptors (Lipinski definition) is 26. The summed E-state index contributed by atoms with van der Waals surface area (Å²) in [4.78, 5) is 108. The molecule has 0 spiro atoms. The third-order valence-electron chi connectivity index (χ3n) is 17.4. The van der Waals surface area contributed by atoms with E-state index in [4.69, 9.17) is 9.47 Å². The van der Waals surface area contributed by atoms with Crippen LogP contribution in [0.1, 0.15) is 125 Å². The first-order valence-electron chi connectivity index (χ1n) is 40.4. The van der Waals surface area contributed by atoms with Crippen LogP contribution in [0.3, 0.4) is 0 Å². The number of aliphatic imine (C=N–C) groups is 3. The smallest absolute Gasteiger partial charge is 0.236 e. The molecule has 0 aliphatic heterocycles. The van der Waals surface area contributed by atoms with Crippen molar-refractivity contribution in [2.75, 3.05) is 55.0 Å². The number of nitrogens with zero attached hydrogens (tertiary/aromatic N) is 7. The lowest BCUT2D eigenvalue weighted by atomic mass is 10.0. The zero-order valence-electron chi connectivity index (χ0n) is 73.4. The van der Waals surface area contributed by atoms with Crippen molar-refractivity contribution in [2.45, 2.75) is 160 Å². The van der Waals surface area contributed by atoms with Crippen molar-refractivity contribution < 1.29 is 129 Å². The van der Waals surface area contributed by atoms with Crippen molar-refractivity contribution in [3.8, 4) is 0 Å². The van der Waals surface area contributed by atoms with Crippen molar-refractivity contribution >= 4 is 90.8 Å². The number of benzene rings is 7. The van der Waals surface area contributed by atoms with Crippen LogP contribution in [-0.4, -0.2) is 199 Å². The third kappa shape index (κ3) is 54.4. The Kier molecular flexibility index (Phi) is 56.5. The van der Waals surface area contributed by atoms with Crippen LogP contribution in [0.5, 0.6) is 0 Å². The number of nitrogens with one attached hydrogen (secondary N) is 2. The Balaban J connectivity index is 0.000000730. The van der Waals surface area contributed by atoms with Gasteiger partial charge in [0.1, 0.15) is 42.3 Å². The van der Waals surface area contributed by atoms with Gasteiger partial charge in [-0.3, -0.25) is 24.6 Å². The number of ketones is 1. The summed E-state index contributed by atoms with van der Waals surface area (Å²) < 4.78 is 10.3. The molecule has 7 aromatic carbocycles. The second kappa shape index (κ2) is 64.1. The molecule has 1 amide bonds. The largest absolute Gasteiger partial charge is 0.544 e. The standard InChI is InChI=1S/C15H23NO4.C14H20N2O2.C13H17N3O3.C13H16N2O3.2C12H17N3O2.C12H16N2O2/c1-19-14(20-2)5-3-4-11-6-8-12(9-7-11)10-13(16)15(17)18;1-10(2)8-16-9-12-5-3-11(4-6-12)7-13(15)14(17)18;1-9(17)16-15-7-6-10-2-4-11(5-3-10)8-12(14)13(18)19;1-9(16)7-15-8-11-4-2-10(3-5-11)6-12(14)13(17)18;1-15(2)14-8-10-5-3-9(4-6-10)7-11(13)12(16)17;1-14-15-7-6-9-2-4-10(5-3-9)8-11(13)12(16)17;1-2-14-8-10-5-3-9(4-6-10)7-11(13)12(15)16/h6-9,13-14H,3-5,10,16H2,1-2H3,(H,17,18);3-6,9-10,13H,7-8,15H2,1-2H3,(H,17,18);2-5,7,12H,6,8,14H2,1H3,(H,16,17)(H,18,19);2-5,8,12H,6-7,14H2,1H3,(H,17,18);3-6,8,11H,7,13H2,1-2H3,(H,16,17);2-5,7,11,14H,6,8,13H2,1H3,(H,16,17);3-6,8,11H,2,7,13H2,1H3,(H,15,16)/b;;15-7+;;14-8+;15-7+;. The first-order valence-corrected chi connectivity index (χ1v) is 40.4. The number of hydrogen-bond donors (Lipinski definition) is 9. The summed E-state index contributed by atoms with van der Waals surface area (Å²) in [6.07, 6.45) is 17.0. The van der Waals surface area contributed by atoms with E-state index < -0.39 is 84.1 Å². The maximum Gasteiger partial charge on any atom is 0.236 e. The lowest BCUT2D eigenvalue weighted by molar-refractivity contribution is -0.437. The number of carbonyl (C=O) groups excluding carboxylic acids is 9. The van der Waals surface area contributed by atoms with E-state index in [9.17, 15) is 78.9 Å². The number of rotatable bonds is 43. The molecular formula is C91H126N16O18. The topological polar surface area (TPSA) is 628 Å². The molecule has 34 nitrogen and oxygen atoms in total. The molecule has 0 bridgehead atoms. The van der Waals surface area contributed by atoms with Gasteiger partial charge in [-0.05, 0) is 117 Å². The highest BCUT2D eigenvalue weighted by molar-refractivity contribution is 5.85. The second-order valence-electron chi connectivity index (χ2n) is 29.5. The SMILES string of the molecule is CC(=O)CN=Cc1ccc(CC([NH3+])C(=O)[O-])cc1.CC(=O)N/N=C/Cc1ccc(CC([NH3+])C(=O)[O-])cc1.CC(C)CN=Cc1ccc(CC([NH3+])C(=O)[O-])cc1.CCN=Cc1ccc(CC([NH3+])C(=O)[O-])cc1.CN(C)/N=C/c1ccc(CC([NH3+])C(=O)[O-])cc1.CN/N=C/Cc1ccc(CC([NH3+])C(=O)[O-])cc1.COC(CCCc1ccc(CC([NH3+])C(=O)[O-])cc1)OC. The molecule has 7 rings (SSSR count). The van der Waals surface area contributed by atoms with Crippen molar-refractivity contribution in [1.82, 2.24) is 15.9 Å². The van der Waals surface area contributed by atoms with Crippen LogP contribution in [-0.2, 0) is 117 Å². The van der Waals surface area contributed by atoms with Gasteiger partial charge >= 0.3 is 0 Å². The number of methoxy groups -OCH3 is 2. The molecule has 0 heterocycles. The van der Waals surface area contributed by atoms with E-state index in [1.165, 1.54) is 19.4 Å². The van der Waals surface area contributed by atoms with Gasteiger partial charge in [0.15, 0.2) is 12.1 Å². The fraction of sp³-hybridized carbons (Fsp3) is 0.374. The summed E-state index contributed by atoms with van der Waals surface area (Å²) in [6, 6.07) is 48.2. The summed E-state index contributed by atoms with van der Waals surface area (Å²) >= 11 is 0. The zero-order valence-corrected chi connectivity index (χ0v) is 73.4. The second-order valence-corrected chi connectivity index (χ2v) is 29.5. The first-order chi connectivity index (χ1) is 59.3. The van der Waals surface area contributed by atoms with Gasteiger partial charge in [-0.25, -0.2) is 5.43 Å². The maximum absolute atomic E-state index is 10.7. The number of ether oxygens (including phenoxy) is 2. The number of Topliss-reactive ketones (excluding diaryl/α,β-unsaturated/α-hetero) is 1. The molecule has 34 heteroatoms. The minimum Gasteiger partial charge on any atom is -0.544 e. The molecule has 7 aromatic rings. The number of amides is 1. The number of carboxylic acid groups (broad SMARTS) is 7. The minimum atomic E-state index is -1.15. The Morgan fingerprint density at radius 3 is 0.912 bits per heavy atom. The quantitative estimate of drug-likeness (QED) is 0.00974. The van der Waals surface area contributed by atoms with E-state index in [-0.39, 0.29) is 24.5 Å². The average molecular weight is 1730 g/mol. The third-order valence-corrected chi connectivity index (χ3v) is 17.4. The fourth-order valence-electron chi connectivity index (χ4n) is 10.4. The monoisotopic (exact) mass is 1730 g/mol. The maximum atomic E-state index is 10.7. The average Bonchev–Trinajstić information content (AvgIpc) is 0.941. The normalized spacial score (nSPS) is 12.7. The van der Waals surface area contributed by atoms with E-state index in [0.29, 0.717) is 57.3 Å². The van der Waals surface area contributed by atoms with E-state index in [2.05, 4.69) is 95.1 Å². The highest BCUT2D eigenvalue weighted by Crippen LogP contribution is 2.14. The van der Waals surface area contributed by atoms with Crippen LogP contribution in [0, 0.1) is 5.92 Å². The van der Waals surface area contributed by atoms with Crippen LogP contribution in [0.25, 0.3) is 0 Å². The minimum absolute atomic E-state index is 0.0109. The Morgan fingerprint density at radius 1 is 0.392 bits per heavy atom. The molecule has 678 valence electrons. The lowest BCUT2D eigenvalue weighted by Crippen LogP contribution is -2.69. The highest BCUT2D eigenvalue weighted by Gasteiger charge is 2.15. The van der Waals surface area contributed by atoms with Gasteiger partial charge in [0, 0.05) is 144 Å². The molecule has 0 radical (unpaired) electrons. The number of carbonyl (C=O) groups is 9. The number of aliphatic carboxylic acids is 7. The number of aryl methyl sites for hydroxylation is 1. The van der Waals surface area contributed by atoms with Gasteiger partial charge in [-0.2, -0.15) is 15.3 Å². The summed E-state index contributed by atoms with van der Waals surface area (Å²) in [5.74, 6) is -7.52. The van der Waals surface area contributed by atoms with Gasteiger partial charge in [0.25, 0.3) is 0 Å². The van der Waals surface area contributed by atoms with Crippen molar-refractivity contribution in [3.63, 3.8) is 0 Å². The van der Waals surface area contributed by atoms with Crippen molar-refractivity contribution in [2.24, 2.45) is 36.2 Å². The Labute approximate surface area is 730 Å². The Morgan fingerprint density at radius 2 is 0.656 bits per heavy atom. The fourth-order valence-corrected chi connectivity index (χ4v) is 10.4. The molecule has 0 aliphatic rings. The summed E-state index contributed by atoms with van der Waals surface area (Å²) in [6.45, 7) is 10.8. The predicted octanol–water partition coefficient (Wildman–Crippen LogP) is -8.10.